The molecule has 0 aliphatic heterocycles. The van der Waals surface area contributed by atoms with Crippen LogP contribution in [0.3, 0.4) is 0 Å². The molecule has 1 N–H and O–H groups in total. The number of hydrogen-bond acceptors (Lipinski definition) is 2. The van der Waals surface area contributed by atoms with Gasteiger partial charge in [-0.25, -0.2) is 0 Å². The Morgan fingerprint density at radius 3 is 2.08 bits per heavy atom. The molecule has 66 valence electrons. The summed E-state index contributed by atoms with van der Waals surface area (Å²) >= 11 is 0. The van der Waals surface area contributed by atoms with E-state index in [1.165, 1.54) is 0 Å². The summed E-state index contributed by atoms with van der Waals surface area (Å²) < 4.78 is 29.8. The van der Waals surface area contributed by atoms with Gasteiger partial charge in [0.2, 0.25) is 0 Å². The van der Waals surface area contributed by atoms with E-state index >= 15 is 0 Å². The van der Waals surface area contributed by atoms with Gasteiger partial charge in [-0.3, -0.25) is 4.55 Å². The summed E-state index contributed by atoms with van der Waals surface area (Å²) in [5.41, 5.74) is 0.403. The topological polar surface area (TPSA) is 54.4 Å². The molecule has 0 bridgehead atoms. The fourth-order valence-electron chi connectivity index (χ4n) is 0.773. The van der Waals surface area contributed by atoms with E-state index in [1.807, 2.05) is 0 Å². The molecular weight excluding hydrogens is 199 g/mol. The average molecular weight is 208 g/mol. The van der Waals surface area contributed by atoms with Crippen molar-refractivity contribution in [2.24, 2.45) is 0 Å². The Morgan fingerprint density at radius 1 is 1.23 bits per heavy atom. The van der Waals surface area contributed by atoms with Crippen molar-refractivity contribution in [2.75, 3.05) is 0 Å². The van der Waals surface area contributed by atoms with Gasteiger partial charge in [0.25, 0.3) is 10.1 Å². The molecule has 1 rings (SSSR count). The summed E-state index contributed by atoms with van der Waals surface area (Å²) in [4.78, 5) is -0.275. The van der Waals surface area contributed by atoms with Gasteiger partial charge in [-0.1, -0.05) is 36.9 Å². The van der Waals surface area contributed by atoms with Crippen molar-refractivity contribution < 1.29 is 13.0 Å². The summed E-state index contributed by atoms with van der Waals surface area (Å²) in [6.45, 7) is 3.26. The summed E-state index contributed by atoms with van der Waals surface area (Å²) in [5.74, 6) is 0. The van der Waals surface area contributed by atoms with Crippen LogP contribution in [0.5, 0.6) is 0 Å². The van der Waals surface area contributed by atoms with E-state index < -0.39 is 10.1 Å². The Balaban J connectivity index is 0.00000144. The zero-order valence-corrected chi connectivity index (χ0v) is 7.08. The van der Waals surface area contributed by atoms with Crippen LogP contribution < -0.4 is 0 Å². The predicted octanol–water partition coefficient (Wildman–Crippen LogP) is 0.897. The van der Waals surface area contributed by atoms with Crippen molar-refractivity contribution in [1.29, 1.82) is 0 Å². The Morgan fingerprint density at radius 2 is 1.69 bits per heavy atom. The van der Waals surface area contributed by atoms with Crippen LogP contribution >= 0.6 is 0 Å². The SMILES string of the molecule is C=C(c1ccccc1)S(=O)(=O)O.[NaH]. The van der Waals surface area contributed by atoms with Crippen molar-refractivity contribution in [3.05, 3.63) is 42.5 Å². The van der Waals surface area contributed by atoms with Gasteiger partial charge in [-0.05, 0) is 5.56 Å². The van der Waals surface area contributed by atoms with Crippen LogP contribution in [-0.4, -0.2) is 42.5 Å². The van der Waals surface area contributed by atoms with Gasteiger partial charge in [0.1, 0.15) is 0 Å². The molecule has 0 saturated carbocycles. The minimum atomic E-state index is -4.15. The summed E-state index contributed by atoms with van der Waals surface area (Å²) in [5, 5.41) is 0. The molecule has 3 nitrogen and oxygen atoms in total. The van der Waals surface area contributed by atoms with Crippen LogP contribution in [0.25, 0.3) is 4.91 Å². The van der Waals surface area contributed by atoms with Crippen molar-refractivity contribution in [3.63, 3.8) is 0 Å². The van der Waals surface area contributed by atoms with Crippen LogP contribution in [0, 0.1) is 0 Å². The first kappa shape index (κ1) is 12.9. The van der Waals surface area contributed by atoms with E-state index in [0.29, 0.717) is 5.56 Å². The van der Waals surface area contributed by atoms with Crippen molar-refractivity contribution in [3.8, 4) is 0 Å². The van der Waals surface area contributed by atoms with Gasteiger partial charge in [0.15, 0.2) is 0 Å². The van der Waals surface area contributed by atoms with Crippen molar-refractivity contribution in [1.82, 2.24) is 0 Å². The predicted molar refractivity (Wildman–Crippen MR) is 54.2 cm³/mol. The van der Waals surface area contributed by atoms with Crippen LogP contribution in [-0.2, 0) is 10.1 Å². The second kappa shape index (κ2) is 4.93. The first-order valence-corrected chi connectivity index (χ1v) is 4.67. The van der Waals surface area contributed by atoms with E-state index in [0.717, 1.165) is 0 Å². The molecular formula is C8H9NaO3S. The molecule has 0 aromatic heterocycles. The zero-order valence-electron chi connectivity index (χ0n) is 6.27. The molecule has 0 heterocycles. The van der Waals surface area contributed by atoms with Crippen LogP contribution in [0.15, 0.2) is 36.9 Å². The molecule has 0 aliphatic carbocycles. The van der Waals surface area contributed by atoms with Gasteiger partial charge in [-0.15, -0.1) is 0 Å². The van der Waals surface area contributed by atoms with Crippen molar-refractivity contribution >= 4 is 44.6 Å². The van der Waals surface area contributed by atoms with E-state index in [-0.39, 0.29) is 34.5 Å². The molecule has 13 heavy (non-hydrogen) atoms. The van der Waals surface area contributed by atoms with Gasteiger partial charge in [0, 0.05) is 0 Å². The third kappa shape index (κ3) is 3.62. The molecule has 0 unspecified atom stereocenters. The normalized spacial score (nSPS) is 10.2. The molecule has 0 spiro atoms. The summed E-state index contributed by atoms with van der Waals surface area (Å²) in [6.07, 6.45) is 0. The number of rotatable bonds is 2. The first-order valence-electron chi connectivity index (χ1n) is 3.23. The van der Waals surface area contributed by atoms with E-state index in [9.17, 15) is 8.42 Å². The van der Waals surface area contributed by atoms with E-state index in [4.69, 9.17) is 4.55 Å². The van der Waals surface area contributed by atoms with Gasteiger partial charge in [-0.2, -0.15) is 8.42 Å². The molecule has 1 aromatic carbocycles. The van der Waals surface area contributed by atoms with Crippen LogP contribution in [0.4, 0.5) is 0 Å². The monoisotopic (exact) mass is 208 g/mol. The molecule has 0 aliphatic rings. The quantitative estimate of drug-likeness (QED) is 0.580. The Hall–Kier alpha value is -0.130. The maximum absolute atomic E-state index is 10.6. The summed E-state index contributed by atoms with van der Waals surface area (Å²) in [7, 11) is -4.15. The zero-order chi connectivity index (χ0) is 9.19. The fraction of sp³-hybridized carbons (Fsp3) is 0. The van der Waals surface area contributed by atoms with Gasteiger partial charge in [0.05, 0.1) is 4.91 Å². The fourth-order valence-corrected chi connectivity index (χ4v) is 1.21. The van der Waals surface area contributed by atoms with E-state index in [1.54, 1.807) is 30.3 Å². The second-order valence-electron chi connectivity index (χ2n) is 2.26. The standard InChI is InChI=1S/C8H8O3S.Na.H/c1-7(12(9,10)11)8-5-3-2-4-6-8;;/h2-6H,1H2,(H,9,10,11);;. The number of benzene rings is 1. The third-order valence-corrected chi connectivity index (χ3v) is 2.27. The van der Waals surface area contributed by atoms with Crippen LogP contribution in [0.1, 0.15) is 5.56 Å². The van der Waals surface area contributed by atoms with Crippen molar-refractivity contribution in [2.45, 2.75) is 0 Å². The molecule has 0 amide bonds. The molecule has 5 heteroatoms. The minimum absolute atomic E-state index is 0. The number of hydrogen-bond donors (Lipinski definition) is 1. The Labute approximate surface area is 99.5 Å². The van der Waals surface area contributed by atoms with E-state index in [2.05, 4.69) is 6.58 Å². The molecule has 1 aromatic rings. The molecule has 0 fully saturated rings. The second-order valence-corrected chi connectivity index (χ2v) is 3.71. The summed E-state index contributed by atoms with van der Waals surface area (Å²) in [6, 6.07) is 8.23. The third-order valence-electron chi connectivity index (χ3n) is 1.41. The Kier molecular flexibility index (Phi) is 4.88. The van der Waals surface area contributed by atoms with Gasteiger partial charge >= 0.3 is 29.6 Å². The molecule has 0 saturated heterocycles. The maximum atomic E-state index is 10.6. The molecule has 0 radical (unpaired) electrons. The Bertz CT molecular complexity index is 383. The first-order chi connectivity index (χ1) is 5.52. The van der Waals surface area contributed by atoms with Crippen LogP contribution in [0.2, 0.25) is 0 Å². The van der Waals surface area contributed by atoms with Gasteiger partial charge < -0.3 is 0 Å². The molecule has 0 atom stereocenters. The average Bonchev–Trinajstić information content (AvgIpc) is 2.03.